The van der Waals surface area contributed by atoms with E-state index in [2.05, 4.69) is 16.4 Å². The largest absolute Gasteiger partial charge is 0.464 e. The van der Waals surface area contributed by atoms with Gasteiger partial charge in [0.2, 0.25) is 5.91 Å². The highest BCUT2D eigenvalue weighted by Crippen LogP contribution is 2.35. The van der Waals surface area contributed by atoms with Gasteiger partial charge in [-0.25, -0.2) is 4.98 Å². The molecule has 2 heterocycles. The summed E-state index contributed by atoms with van der Waals surface area (Å²) >= 11 is 7.04. The highest BCUT2D eigenvalue weighted by molar-refractivity contribution is 7.99. The Bertz CT molecular complexity index is 1120. The van der Waals surface area contributed by atoms with Crippen molar-refractivity contribution >= 4 is 40.8 Å². The van der Waals surface area contributed by atoms with Crippen LogP contribution in [0.2, 0.25) is 5.02 Å². The van der Waals surface area contributed by atoms with Gasteiger partial charge >= 0.3 is 0 Å². The van der Waals surface area contributed by atoms with Crippen LogP contribution in [0.3, 0.4) is 0 Å². The van der Waals surface area contributed by atoms with Crippen LogP contribution in [0.15, 0.2) is 52.1 Å². The smallest absolute Gasteiger partial charge is 0.225 e. The normalized spacial score (nSPS) is 10.2. The number of nitrogen functional groups attached to an aromatic ring is 1. The Balaban J connectivity index is 1.76. The van der Waals surface area contributed by atoms with Gasteiger partial charge in [-0.2, -0.15) is 10.5 Å². The Morgan fingerprint density at radius 3 is 2.55 bits per heavy atom. The third-order valence-electron chi connectivity index (χ3n) is 3.88. The molecular weight excluding hydrogens is 410 g/mol. The fraction of sp³-hybridized carbons (Fsp3) is 0.100. The number of nitrogens with zero attached hydrogens (tertiary/aromatic N) is 3. The summed E-state index contributed by atoms with van der Waals surface area (Å²) in [6.07, 6.45) is 1.64. The summed E-state index contributed by atoms with van der Waals surface area (Å²) in [6.45, 7) is 0. The third-order valence-corrected chi connectivity index (χ3v) is 5.11. The van der Waals surface area contributed by atoms with Crippen LogP contribution in [0.5, 0.6) is 0 Å². The summed E-state index contributed by atoms with van der Waals surface area (Å²) in [5.74, 6) is 0.538. The number of aromatic nitrogens is 1. The molecule has 1 aromatic carbocycles. The minimum Gasteiger partial charge on any atom is -0.464 e. The monoisotopic (exact) mass is 423 g/mol. The van der Waals surface area contributed by atoms with Crippen molar-refractivity contribution in [2.75, 3.05) is 16.8 Å². The van der Waals surface area contributed by atoms with E-state index in [1.54, 1.807) is 36.4 Å². The van der Waals surface area contributed by atoms with Crippen LogP contribution >= 0.6 is 23.4 Å². The van der Waals surface area contributed by atoms with E-state index in [1.165, 1.54) is 18.0 Å². The second-order valence-electron chi connectivity index (χ2n) is 5.78. The Labute approximate surface area is 176 Å². The lowest BCUT2D eigenvalue weighted by Gasteiger charge is -2.11. The number of benzene rings is 1. The van der Waals surface area contributed by atoms with Crippen molar-refractivity contribution in [3.8, 4) is 23.5 Å². The summed E-state index contributed by atoms with van der Waals surface area (Å²) in [5, 5.41) is 22.8. The summed E-state index contributed by atoms with van der Waals surface area (Å²) in [7, 11) is 0. The SMILES string of the molecule is N#Cc1c(N)nc(SCCC(=O)Nc2ccc(Cl)cc2)c(C#N)c1-c1ccco1. The number of nitrogens with two attached hydrogens (primary N) is 1. The third kappa shape index (κ3) is 4.69. The first-order chi connectivity index (χ1) is 14.0. The van der Waals surface area contributed by atoms with E-state index in [4.69, 9.17) is 21.8 Å². The lowest BCUT2D eigenvalue weighted by Crippen LogP contribution is -2.12. The summed E-state index contributed by atoms with van der Waals surface area (Å²) in [4.78, 5) is 16.3. The molecule has 3 N–H and O–H groups in total. The number of hydrogen-bond acceptors (Lipinski definition) is 7. The molecule has 0 bridgehead atoms. The molecule has 0 aliphatic heterocycles. The van der Waals surface area contributed by atoms with Crippen molar-refractivity contribution in [1.29, 1.82) is 10.5 Å². The number of hydrogen-bond donors (Lipinski definition) is 2. The minimum absolute atomic E-state index is 0.00557. The molecule has 144 valence electrons. The average Bonchev–Trinajstić information content (AvgIpc) is 3.23. The van der Waals surface area contributed by atoms with E-state index in [0.717, 1.165) is 0 Å². The molecule has 0 unspecified atom stereocenters. The zero-order valence-corrected chi connectivity index (χ0v) is 16.5. The van der Waals surface area contributed by atoms with Crippen LogP contribution in [0.1, 0.15) is 17.5 Å². The van der Waals surface area contributed by atoms with Crippen molar-refractivity contribution in [2.45, 2.75) is 11.4 Å². The molecule has 29 heavy (non-hydrogen) atoms. The molecule has 0 aliphatic rings. The first kappa shape index (κ1) is 20.3. The number of carbonyl (C=O) groups is 1. The minimum atomic E-state index is -0.189. The van der Waals surface area contributed by atoms with Gasteiger partial charge in [0.05, 0.1) is 17.4 Å². The van der Waals surface area contributed by atoms with E-state index in [1.807, 2.05) is 6.07 Å². The number of carbonyl (C=O) groups excluding carboxylic acids is 1. The predicted molar refractivity (Wildman–Crippen MR) is 111 cm³/mol. The molecule has 0 saturated carbocycles. The van der Waals surface area contributed by atoms with E-state index in [9.17, 15) is 15.3 Å². The number of nitriles is 2. The van der Waals surface area contributed by atoms with Crippen LogP contribution in [0.4, 0.5) is 11.5 Å². The lowest BCUT2D eigenvalue weighted by molar-refractivity contribution is -0.115. The predicted octanol–water partition coefficient (Wildman–Crippen LogP) is 4.44. The van der Waals surface area contributed by atoms with Gasteiger partial charge in [0.1, 0.15) is 34.3 Å². The number of furan rings is 1. The summed E-state index contributed by atoms with van der Waals surface area (Å²) < 4.78 is 5.36. The molecule has 0 aliphatic carbocycles. The van der Waals surface area contributed by atoms with E-state index in [-0.39, 0.29) is 29.3 Å². The molecule has 0 radical (unpaired) electrons. The van der Waals surface area contributed by atoms with Crippen molar-refractivity contribution in [1.82, 2.24) is 4.98 Å². The topological polar surface area (TPSA) is 129 Å². The molecule has 3 aromatic rings. The van der Waals surface area contributed by atoms with Crippen molar-refractivity contribution in [3.05, 3.63) is 58.8 Å². The molecule has 0 spiro atoms. The van der Waals surface area contributed by atoms with Gasteiger partial charge in [-0.1, -0.05) is 11.6 Å². The Morgan fingerprint density at radius 1 is 1.21 bits per heavy atom. The molecule has 0 saturated heterocycles. The first-order valence-electron chi connectivity index (χ1n) is 8.39. The second-order valence-corrected chi connectivity index (χ2v) is 7.30. The van der Waals surface area contributed by atoms with E-state index in [0.29, 0.717) is 32.8 Å². The summed E-state index contributed by atoms with van der Waals surface area (Å²) in [5.41, 5.74) is 7.14. The van der Waals surface area contributed by atoms with Crippen molar-refractivity contribution in [2.24, 2.45) is 0 Å². The van der Waals surface area contributed by atoms with Crippen LogP contribution in [0.25, 0.3) is 11.3 Å². The number of halogens is 1. The second kappa shape index (κ2) is 9.16. The fourth-order valence-electron chi connectivity index (χ4n) is 2.57. The zero-order chi connectivity index (χ0) is 20.8. The molecule has 2 aromatic heterocycles. The highest BCUT2D eigenvalue weighted by Gasteiger charge is 2.22. The Kier molecular flexibility index (Phi) is 6.40. The molecule has 3 rings (SSSR count). The maximum atomic E-state index is 12.1. The Hall–Kier alpha value is -3.46. The first-order valence-corrected chi connectivity index (χ1v) is 9.75. The number of nitrogens with one attached hydrogen (secondary N) is 1. The van der Waals surface area contributed by atoms with Gasteiger partial charge in [0.15, 0.2) is 0 Å². The van der Waals surface area contributed by atoms with Gasteiger partial charge in [-0.05, 0) is 36.4 Å². The molecule has 9 heteroatoms. The fourth-order valence-corrected chi connectivity index (χ4v) is 3.63. The van der Waals surface area contributed by atoms with Crippen LogP contribution < -0.4 is 11.1 Å². The van der Waals surface area contributed by atoms with Gasteiger partial charge < -0.3 is 15.5 Å². The molecule has 0 atom stereocenters. The lowest BCUT2D eigenvalue weighted by atomic mass is 10.0. The molecule has 1 amide bonds. The maximum Gasteiger partial charge on any atom is 0.225 e. The number of rotatable bonds is 6. The number of amides is 1. The van der Waals surface area contributed by atoms with E-state index >= 15 is 0 Å². The standard InChI is InChI=1S/C20H14ClN5O2S/c21-12-3-5-13(6-4-12)25-17(27)7-9-29-20-15(11-23)18(16-2-1-8-28-16)14(10-22)19(24)26-20/h1-6,8H,7,9H2,(H2,24,26)(H,25,27). The highest BCUT2D eigenvalue weighted by atomic mass is 35.5. The van der Waals surface area contributed by atoms with Gasteiger partial charge in [-0.3, -0.25) is 4.79 Å². The van der Waals surface area contributed by atoms with Gasteiger partial charge in [-0.15, -0.1) is 11.8 Å². The number of thioether (sulfide) groups is 1. The van der Waals surface area contributed by atoms with Gasteiger partial charge in [0, 0.05) is 22.9 Å². The van der Waals surface area contributed by atoms with Gasteiger partial charge in [0.25, 0.3) is 0 Å². The van der Waals surface area contributed by atoms with Crippen molar-refractivity contribution in [3.63, 3.8) is 0 Å². The van der Waals surface area contributed by atoms with Crippen molar-refractivity contribution < 1.29 is 9.21 Å². The number of anilines is 2. The molecule has 7 nitrogen and oxygen atoms in total. The zero-order valence-electron chi connectivity index (χ0n) is 15.0. The van der Waals surface area contributed by atoms with E-state index < -0.39 is 0 Å². The summed E-state index contributed by atoms with van der Waals surface area (Å²) in [6, 6.07) is 14.1. The Morgan fingerprint density at radius 2 is 1.93 bits per heavy atom. The quantitative estimate of drug-likeness (QED) is 0.560. The maximum absolute atomic E-state index is 12.1. The molecular formula is C20H14ClN5O2S. The molecule has 0 fully saturated rings. The van der Waals surface area contributed by atoms with Crippen LogP contribution in [-0.2, 0) is 4.79 Å². The van der Waals surface area contributed by atoms with Crippen LogP contribution in [-0.4, -0.2) is 16.6 Å². The van der Waals surface area contributed by atoms with Crippen LogP contribution in [0, 0.1) is 22.7 Å². The average molecular weight is 424 g/mol. The number of pyridine rings is 1.